The quantitative estimate of drug-likeness (QED) is 0.523. The van der Waals surface area contributed by atoms with Gasteiger partial charge in [-0.05, 0) is 30.7 Å². The summed E-state index contributed by atoms with van der Waals surface area (Å²) in [5, 5.41) is 14.7. The van der Waals surface area contributed by atoms with E-state index in [0.29, 0.717) is 27.4 Å². The maximum Gasteiger partial charge on any atom is 0.278 e. The largest absolute Gasteiger partial charge is 0.388 e. The number of Topliss-reactive ketones (excluding diaryl/α,β-unsaturated/α-hetero) is 1. The summed E-state index contributed by atoms with van der Waals surface area (Å²) in [6.45, 7) is 1.38. The molecule has 2 aromatic rings. The van der Waals surface area contributed by atoms with Gasteiger partial charge in [0.25, 0.3) is 5.69 Å². The minimum Gasteiger partial charge on any atom is -0.388 e. The molecule has 2 rings (SSSR count). The first-order valence-electron chi connectivity index (χ1n) is 6.21. The van der Waals surface area contributed by atoms with E-state index in [4.69, 9.17) is 11.6 Å². The summed E-state index contributed by atoms with van der Waals surface area (Å²) >= 11 is 5.84. The molecule has 0 aliphatic rings. The van der Waals surface area contributed by atoms with Crippen LogP contribution in [-0.2, 0) is 0 Å². The highest BCUT2D eigenvalue weighted by Crippen LogP contribution is 2.35. The Morgan fingerprint density at radius 3 is 2.33 bits per heavy atom. The van der Waals surface area contributed by atoms with Gasteiger partial charge in [-0.25, -0.2) is 0 Å². The number of carbonyl (C=O) groups excluding carboxylic acids is 1. The molecule has 0 saturated heterocycles. The van der Waals surface area contributed by atoms with Gasteiger partial charge in [0.2, 0.25) is 0 Å². The minimum absolute atomic E-state index is 0.110. The van der Waals surface area contributed by atoms with Crippen molar-refractivity contribution in [3.05, 3.63) is 57.1 Å². The monoisotopic (exact) mass is 304 g/mol. The number of hydrogen-bond acceptors (Lipinski definition) is 4. The molecule has 0 aliphatic carbocycles. The number of rotatable bonds is 4. The zero-order valence-electron chi connectivity index (χ0n) is 11.5. The standard InChI is InChI=1S/C15H13ClN2O3/c1-9(19)12-8-15(18(20)21)13(7-14(12)17-2)10-3-5-11(16)6-4-10/h3-8,17H,1-2H3. The number of halogens is 1. The van der Waals surface area contributed by atoms with Crippen LogP contribution >= 0.6 is 11.6 Å². The zero-order chi connectivity index (χ0) is 15.6. The molecule has 0 amide bonds. The number of nitrogens with zero attached hydrogens (tertiary/aromatic N) is 1. The van der Waals surface area contributed by atoms with Crippen LogP contribution < -0.4 is 5.32 Å². The van der Waals surface area contributed by atoms with Gasteiger partial charge in [-0.2, -0.15) is 0 Å². The molecule has 1 N–H and O–H groups in total. The van der Waals surface area contributed by atoms with Crippen LogP contribution in [0.4, 0.5) is 11.4 Å². The molecule has 0 saturated carbocycles. The molecule has 0 spiro atoms. The molecule has 0 aliphatic heterocycles. The highest BCUT2D eigenvalue weighted by molar-refractivity contribution is 6.30. The predicted octanol–water partition coefficient (Wildman–Crippen LogP) is 4.16. The van der Waals surface area contributed by atoms with Crippen molar-refractivity contribution in [2.24, 2.45) is 0 Å². The summed E-state index contributed by atoms with van der Waals surface area (Å²) in [5.74, 6) is -0.231. The van der Waals surface area contributed by atoms with Crippen LogP contribution in [0.2, 0.25) is 5.02 Å². The lowest BCUT2D eigenvalue weighted by Gasteiger charge is -2.10. The Morgan fingerprint density at radius 2 is 1.86 bits per heavy atom. The fourth-order valence-electron chi connectivity index (χ4n) is 2.10. The Hall–Kier alpha value is -2.40. The summed E-state index contributed by atoms with van der Waals surface area (Å²) < 4.78 is 0. The van der Waals surface area contributed by atoms with Gasteiger partial charge in [0.1, 0.15) is 0 Å². The topological polar surface area (TPSA) is 72.2 Å². The zero-order valence-corrected chi connectivity index (χ0v) is 12.3. The average Bonchev–Trinajstić information content (AvgIpc) is 2.46. The lowest BCUT2D eigenvalue weighted by molar-refractivity contribution is -0.384. The number of carbonyl (C=O) groups is 1. The maximum atomic E-state index is 11.6. The van der Waals surface area contributed by atoms with Crippen molar-refractivity contribution in [2.75, 3.05) is 12.4 Å². The number of benzene rings is 2. The third-order valence-corrected chi connectivity index (χ3v) is 3.39. The van der Waals surface area contributed by atoms with Crippen LogP contribution in [0.25, 0.3) is 11.1 Å². The first kappa shape index (κ1) is 15.0. The molecule has 108 valence electrons. The van der Waals surface area contributed by atoms with Crippen molar-refractivity contribution >= 4 is 28.8 Å². The Bertz CT molecular complexity index is 712. The Balaban J connectivity index is 2.72. The second kappa shape index (κ2) is 5.93. The van der Waals surface area contributed by atoms with Gasteiger partial charge in [-0.3, -0.25) is 14.9 Å². The van der Waals surface area contributed by atoms with Crippen molar-refractivity contribution in [1.29, 1.82) is 0 Å². The Kier molecular flexibility index (Phi) is 4.23. The molecule has 0 atom stereocenters. The van der Waals surface area contributed by atoms with Crippen molar-refractivity contribution < 1.29 is 9.72 Å². The highest BCUT2D eigenvalue weighted by Gasteiger charge is 2.20. The van der Waals surface area contributed by atoms with Crippen molar-refractivity contribution in [3.63, 3.8) is 0 Å². The molecule has 0 fully saturated rings. The predicted molar refractivity (Wildman–Crippen MR) is 83.1 cm³/mol. The van der Waals surface area contributed by atoms with Crippen LogP contribution in [0.15, 0.2) is 36.4 Å². The molecule has 2 aromatic carbocycles. The summed E-state index contributed by atoms with van der Waals surface area (Å²) in [4.78, 5) is 22.4. The number of hydrogen-bond donors (Lipinski definition) is 1. The van der Waals surface area contributed by atoms with Gasteiger partial charge in [-0.15, -0.1) is 0 Å². The van der Waals surface area contributed by atoms with E-state index in [1.54, 1.807) is 37.4 Å². The smallest absolute Gasteiger partial charge is 0.278 e. The second-order valence-electron chi connectivity index (χ2n) is 4.49. The Morgan fingerprint density at radius 1 is 1.24 bits per heavy atom. The summed E-state index contributed by atoms with van der Waals surface area (Å²) in [6.07, 6.45) is 0. The molecule has 0 heterocycles. The molecular weight excluding hydrogens is 292 g/mol. The second-order valence-corrected chi connectivity index (χ2v) is 4.92. The normalized spacial score (nSPS) is 10.2. The van der Waals surface area contributed by atoms with Crippen molar-refractivity contribution in [1.82, 2.24) is 0 Å². The number of ketones is 1. The van der Waals surface area contributed by atoms with Crippen LogP contribution in [0.3, 0.4) is 0 Å². The van der Waals surface area contributed by atoms with Gasteiger partial charge in [0, 0.05) is 29.4 Å². The first-order chi connectivity index (χ1) is 9.93. The van der Waals surface area contributed by atoms with Crippen molar-refractivity contribution in [2.45, 2.75) is 6.92 Å². The highest BCUT2D eigenvalue weighted by atomic mass is 35.5. The number of nitrogens with one attached hydrogen (secondary N) is 1. The molecule has 0 aromatic heterocycles. The third kappa shape index (κ3) is 3.03. The molecule has 5 nitrogen and oxygen atoms in total. The SMILES string of the molecule is CNc1cc(-c2ccc(Cl)cc2)c([N+](=O)[O-])cc1C(C)=O. The summed E-state index contributed by atoms with van der Waals surface area (Å²) in [7, 11) is 1.67. The maximum absolute atomic E-state index is 11.6. The van der Waals surface area contributed by atoms with E-state index in [1.165, 1.54) is 13.0 Å². The lowest BCUT2D eigenvalue weighted by atomic mass is 9.98. The fraction of sp³-hybridized carbons (Fsp3) is 0.133. The fourth-order valence-corrected chi connectivity index (χ4v) is 2.22. The van der Waals surface area contributed by atoms with E-state index in [9.17, 15) is 14.9 Å². The first-order valence-corrected chi connectivity index (χ1v) is 6.59. The molecule has 6 heteroatoms. The molecule has 0 radical (unpaired) electrons. The van der Waals surface area contributed by atoms with E-state index in [0.717, 1.165) is 0 Å². The van der Waals surface area contributed by atoms with Gasteiger partial charge in [-0.1, -0.05) is 23.7 Å². The van der Waals surface area contributed by atoms with Gasteiger partial charge < -0.3 is 5.32 Å². The molecule has 0 unspecified atom stereocenters. The van der Waals surface area contributed by atoms with Crippen LogP contribution in [-0.4, -0.2) is 17.8 Å². The van der Waals surface area contributed by atoms with E-state index < -0.39 is 4.92 Å². The third-order valence-electron chi connectivity index (χ3n) is 3.14. The number of nitro groups is 1. The summed E-state index contributed by atoms with van der Waals surface area (Å²) in [6, 6.07) is 9.66. The lowest BCUT2D eigenvalue weighted by Crippen LogP contribution is -2.03. The van der Waals surface area contributed by atoms with Crippen LogP contribution in [0.5, 0.6) is 0 Å². The summed E-state index contributed by atoms with van der Waals surface area (Å²) in [5.41, 5.74) is 1.84. The molecule has 21 heavy (non-hydrogen) atoms. The number of nitro benzene ring substituents is 1. The molecule has 0 bridgehead atoms. The minimum atomic E-state index is -0.490. The number of anilines is 1. The van der Waals surface area contributed by atoms with Gasteiger partial charge in [0.05, 0.1) is 10.5 Å². The van der Waals surface area contributed by atoms with Gasteiger partial charge in [0.15, 0.2) is 5.78 Å². The van der Waals surface area contributed by atoms with E-state index in [1.807, 2.05) is 0 Å². The van der Waals surface area contributed by atoms with Crippen LogP contribution in [0.1, 0.15) is 17.3 Å². The van der Waals surface area contributed by atoms with Gasteiger partial charge >= 0.3 is 0 Å². The van der Waals surface area contributed by atoms with E-state index in [-0.39, 0.29) is 11.5 Å². The van der Waals surface area contributed by atoms with Crippen LogP contribution in [0, 0.1) is 10.1 Å². The molecular formula is C15H13ClN2O3. The van der Waals surface area contributed by atoms with E-state index in [2.05, 4.69) is 5.32 Å². The average molecular weight is 305 g/mol. The van der Waals surface area contributed by atoms with E-state index >= 15 is 0 Å². The van der Waals surface area contributed by atoms with Crippen molar-refractivity contribution in [3.8, 4) is 11.1 Å². The Labute approximate surface area is 126 Å².